The first-order chi connectivity index (χ1) is 10.3. The molecule has 1 aliphatic rings. The van der Waals surface area contributed by atoms with Crippen LogP contribution >= 0.6 is 0 Å². The van der Waals surface area contributed by atoms with Crippen LogP contribution in [0, 0.1) is 0 Å². The van der Waals surface area contributed by atoms with Crippen molar-refractivity contribution in [1.29, 1.82) is 0 Å². The summed E-state index contributed by atoms with van der Waals surface area (Å²) in [5.41, 5.74) is 6.63. The Balaban J connectivity index is 1.68. The van der Waals surface area contributed by atoms with E-state index in [2.05, 4.69) is 10.3 Å². The number of aliphatic imine (C=N–C) groups is 1. The minimum Gasteiger partial charge on any atom is -0.495 e. The number of guanidine groups is 1. The van der Waals surface area contributed by atoms with Crippen molar-refractivity contribution in [2.24, 2.45) is 10.7 Å². The van der Waals surface area contributed by atoms with Crippen LogP contribution in [0.2, 0.25) is 0 Å². The molecule has 2 rings (SSSR count). The Hall–Kier alpha value is -1.79. The average molecular weight is 293 g/mol. The number of hydrogen-bond acceptors (Lipinski definition) is 4. The summed E-state index contributed by atoms with van der Waals surface area (Å²) in [5.74, 6) is 1.07. The average Bonchev–Trinajstić information content (AvgIpc) is 3.01. The molecule has 3 N–H and O–H groups in total. The van der Waals surface area contributed by atoms with Gasteiger partial charge in [0.25, 0.3) is 0 Å². The number of hydrogen-bond donors (Lipinski definition) is 2. The van der Waals surface area contributed by atoms with Crippen LogP contribution in [0.4, 0.5) is 5.69 Å². The van der Waals surface area contributed by atoms with Gasteiger partial charge in [0.15, 0.2) is 5.96 Å². The highest BCUT2D eigenvalue weighted by atomic mass is 16.5. The Morgan fingerprint density at radius 1 is 1.48 bits per heavy atom. The van der Waals surface area contributed by atoms with E-state index in [9.17, 15) is 0 Å². The van der Waals surface area contributed by atoms with E-state index in [1.54, 1.807) is 7.11 Å². The fraction of sp³-hybridized carbons (Fsp3) is 0.533. The molecule has 6 nitrogen and oxygen atoms in total. The molecule has 1 aliphatic heterocycles. The smallest absolute Gasteiger partial charge is 0.193 e. The second-order valence-corrected chi connectivity index (χ2v) is 4.80. The maximum absolute atomic E-state index is 5.84. The highest BCUT2D eigenvalue weighted by Gasteiger charge is 2.14. The molecule has 0 bridgehead atoms. The van der Waals surface area contributed by atoms with Gasteiger partial charge in [0.05, 0.1) is 38.7 Å². The lowest BCUT2D eigenvalue weighted by molar-refractivity contribution is 0.0200. The van der Waals surface area contributed by atoms with E-state index >= 15 is 0 Å². The molecule has 0 aromatic heterocycles. The number of benzene rings is 1. The lowest BCUT2D eigenvalue weighted by Crippen LogP contribution is -2.24. The fourth-order valence-corrected chi connectivity index (χ4v) is 2.15. The topological polar surface area (TPSA) is 78.1 Å². The highest BCUT2D eigenvalue weighted by Crippen LogP contribution is 2.22. The molecule has 21 heavy (non-hydrogen) atoms. The predicted molar refractivity (Wildman–Crippen MR) is 82.9 cm³/mol. The number of nitrogens with zero attached hydrogens (tertiary/aromatic N) is 1. The summed E-state index contributed by atoms with van der Waals surface area (Å²) in [6, 6.07) is 7.55. The first-order valence-electron chi connectivity index (χ1n) is 7.19. The molecule has 1 aromatic rings. The third-order valence-electron chi connectivity index (χ3n) is 3.22. The summed E-state index contributed by atoms with van der Waals surface area (Å²) in [7, 11) is 1.62. The lowest BCUT2D eigenvalue weighted by atomic mass is 10.2. The third kappa shape index (κ3) is 5.24. The molecule has 1 heterocycles. The van der Waals surface area contributed by atoms with Crippen LogP contribution in [0.25, 0.3) is 0 Å². The SMILES string of the molecule is COc1ccccc1NC(N)=NCCOCC1CCCO1. The molecule has 1 fully saturated rings. The van der Waals surface area contributed by atoms with Gasteiger partial charge in [-0.05, 0) is 25.0 Å². The summed E-state index contributed by atoms with van der Waals surface area (Å²) in [4.78, 5) is 4.22. The van der Waals surface area contributed by atoms with Gasteiger partial charge in [-0.1, -0.05) is 12.1 Å². The van der Waals surface area contributed by atoms with Gasteiger partial charge >= 0.3 is 0 Å². The molecule has 1 atom stereocenters. The number of ether oxygens (including phenoxy) is 3. The summed E-state index contributed by atoms with van der Waals surface area (Å²) >= 11 is 0. The van der Waals surface area contributed by atoms with Crippen molar-refractivity contribution >= 4 is 11.6 Å². The number of nitrogens with one attached hydrogen (secondary N) is 1. The molecule has 1 saturated heterocycles. The van der Waals surface area contributed by atoms with Gasteiger partial charge in [0, 0.05) is 6.61 Å². The molecule has 0 amide bonds. The minimum atomic E-state index is 0.248. The van der Waals surface area contributed by atoms with Crippen molar-refractivity contribution in [3.63, 3.8) is 0 Å². The van der Waals surface area contributed by atoms with E-state index in [4.69, 9.17) is 19.9 Å². The molecule has 0 radical (unpaired) electrons. The fourth-order valence-electron chi connectivity index (χ4n) is 2.15. The Labute approximate surface area is 125 Å². The molecule has 1 unspecified atom stereocenters. The van der Waals surface area contributed by atoms with Gasteiger partial charge in [0.2, 0.25) is 0 Å². The van der Waals surface area contributed by atoms with Crippen LogP contribution in [0.15, 0.2) is 29.3 Å². The van der Waals surface area contributed by atoms with Crippen molar-refractivity contribution in [1.82, 2.24) is 0 Å². The number of para-hydroxylation sites is 2. The summed E-state index contributed by atoms with van der Waals surface area (Å²) in [5, 5.41) is 3.02. The summed E-state index contributed by atoms with van der Waals surface area (Å²) in [6.07, 6.45) is 2.46. The minimum absolute atomic E-state index is 0.248. The van der Waals surface area contributed by atoms with Gasteiger partial charge in [-0.15, -0.1) is 0 Å². The van der Waals surface area contributed by atoms with Gasteiger partial charge in [-0.3, -0.25) is 4.99 Å². The number of rotatable bonds is 7. The maximum atomic E-state index is 5.84. The zero-order valence-electron chi connectivity index (χ0n) is 12.4. The van der Waals surface area contributed by atoms with Crippen molar-refractivity contribution in [2.75, 3.05) is 38.8 Å². The van der Waals surface area contributed by atoms with Crippen molar-refractivity contribution in [3.05, 3.63) is 24.3 Å². The van der Waals surface area contributed by atoms with Crippen LogP contribution in [-0.4, -0.2) is 45.5 Å². The Morgan fingerprint density at radius 2 is 2.33 bits per heavy atom. The number of methoxy groups -OCH3 is 1. The Morgan fingerprint density at radius 3 is 3.10 bits per heavy atom. The van der Waals surface area contributed by atoms with Crippen LogP contribution in [0.3, 0.4) is 0 Å². The normalized spacial score (nSPS) is 18.7. The van der Waals surface area contributed by atoms with Crippen LogP contribution in [0.1, 0.15) is 12.8 Å². The molecule has 6 heteroatoms. The van der Waals surface area contributed by atoms with E-state index in [1.807, 2.05) is 24.3 Å². The van der Waals surface area contributed by atoms with Crippen molar-refractivity contribution in [3.8, 4) is 5.75 Å². The van der Waals surface area contributed by atoms with Crippen LogP contribution in [0.5, 0.6) is 5.75 Å². The van der Waals surface area contributed by atoms with Crippen molar-refractivity contribution in [2.45, 2.75) is 18.9 Å². The van der Waals surface area contributed by atoms with E-state index in [-0.39, 0.29) is 6.10 Å². The first kappa shape index (κ1) is 15.6. The Kier molecular flexibility index (Phi) is 6.30. The molecule has 1 aromatic carbocycles. The summed E-state index contributed by atoms with van der Waals surface area (Å²) < 4.78 is 16.2. The van der Waals surface area contributed by atoms with E-state index in [1.165, 1.54) is 0 Å². The monoisotopic (exact) mass is 293 g/mol. The standard InChI is InChI=1S/C15H23N3O3/c1-19-14-7-3-2-6-13(14)18-15(16)17-8-10-20-11-12-5-4-9-21-12/h2-3,6-7,12H,4-5,8-11H2,1H3,(H3,16,17,18). The molecular formula is C15H23N3O3. The quantitative estimate of drug-likeness (QED) is 0.454. The zero-order valence-corrected chi connectivity index (χ0v) is 12.4. The molecule has 0 spiro atoms. The molecular weight excluding hydrogens is 270 g/mol. The van der Waals surface area contributed by atoms with E-state index in [0.29, 0.717) is 25.7 Å². The zero-order chi connectivity index (χ0) is 14.9. The van der Waals surface area contributed by atoms with Crippen LogP contribution in [-0.2, 0) is 9.47 Å². The second-order valence-electron chi connectivity index (χ2n) is 4.80. The van der Waals surface area contributed by atoms with E-state index in [0.717, 1.165) is 30.9 Å². The van der Waals surface area contributed by atoms with Gasteiger partial charge in [0.1, 0.15) is 5.75 Å². The summed E-state index contributed by atoms with van der Waals surface area (Å²) in [6.45, 7) is 2.53. The van der Waals surface area contributed by atoms with Crippen molar-refractivity contribution < 1.29 is 14.2 Å². The Bertz CT molecular complexity index is 459. The van der Waals surface area contributed by atoms with Gasteiger partial charge < -0.3 is 25.3 Å². The number of nitrogens with two attached hydrogens (primary N) is 1. The second kappa shape index (κ2) is 8.49. The highest BCUT2D eigenvalue weighted by molar-refractivity contribution is 5.93. The molecule has 0 saturated carbocycles. The van der Waals surface area contributed by atoms with Gasteiger partial charge in [-0.25, -0.2) is 0 Å². The molecule has 0 aliphatic carbocycles. The third-order valence-corrected chi connectivity index (χ3v) is 3.22. The predicted octanol–water partition coefficient (Wildman–Crippen LogP) is 1.62. The number of anilines is 1. The lowest BCUT2D eigenvalue weighted by Gasteiger charge is -2.11. The van der Waals surface area contributed by atoms with Crippen LogP contribution < -0.4 is 15.8 Å². The largest absolute Gasteiger partial charge is 0.495 e. The van der Waals surface area contributed by atoms with Gasteiger partial charge in [-0.2, -0.15) is 0 Å². The van der Waals surface area contributed by atoms with E-state index < -0.39 is 0 Å². The molecule has 116 valence electrons. The maximum Gasteiger partial charge on any atom is 0.193 e. The first-order valence-corrected chi connectivity index (χ1v) is 7.19.